The molecule has 0 aliphatic carbocycles. The molecule has 194 valence electrons. The van der Waals surface area contributed by atoms with E-state index in [1.54, 1.807) is 29.6 Å². The number of ether oxygens (including phenoxy) is 1. The minimum Gasteiger partial charge on any atom is -0.497 e. The van der Waals surface area contributed by atoms with Crippen molar-refractivity contribution in [3.8, 4) is 5.75 Å². The highest BCUT2D eigenvalue weighted by Gasteiger charge is 2.28. The summed E-state index contributed by atoms with van der Waals surface area (Å²) in [5, 5.41) is 6.51. The largest absolute Gasteiger partial charge is 0.497 e. The first-order valence-electron chi connectivity index (χ1n) is 10.9. The van der Waals surface area contributed by atoms with Crippen LogP contribution in [0.4, 0.5) is 38.1 Å². The van der Waals surface area contributed by atoms with Gasteiger partial charge in [0, 0.05) is 37.7 Å². The topological polar surface area (TPSA) is 99.8 Å². The van der Waals surface area contributed by atoms with Crippen molar-refractivity contribution in [1.82, 2.24) is 10.2 Å². The summed E-state index contributed by atoms with van der Waals surface area (Å²) in [4.78, 5) is 38.2. The Morgan fingerprint density at radius 2 is 1.44 bits per heavy atom. The summed E-state index contributed by atoms with van der Waals surface area (Å²) in [6, 6.07) is 5.61. The molecule has 0 bridgehead atoms. The molecule has 1 aliphatic rings. The lowest BCUT2D eigenvalue weighted by molar-refractivity contribution is -0.134. The molecule has 1 aliphatic heterocycles. The first kappa shape index (κ1) is 26.7. The second kappa shape index (κ2) is 11.7. The second-order valence-corrected chi connectivity index (χ2v) is 7.95. The Bertz CT molecular complexity index is 1110. The van der Waals surface area contributed by atoms with E-state index in [0.29, 0.717) is 37.4 Å². The summed E-state index contributed by atoms with van der Waals surface area (Å²) in [7, 11) is 1.54. The van der Waals surface area contributed by atoms with Gasteiger partial charge in [0.15, 0.2) is 23.3 Å². The zero-order valence-corrected chi connectivity index (χ0v) is 19.1. The van der Waals surface area contributed by atoms with Gasteiger partial charge in [-0.1, -0.05) is 0 Å². The molecular weight excluding hydrogens is 491 g/mol. The van der Waals surface area contributed by atoms with Gasteiger partial charge in [0.05, 0.1) is 7.11 Å². The van der Waals surface area contributed by atoms with Gasteiger partial charge in [-0.3, -0.25) is 9.59 Å². The summed E-state index contributed by atoms with van der Waals surface area (Å²) in [5.41, 5.74) is -0.875. The summed E-state index contributed by atoms with van der Waals surface area (Å²) in [6.07, 6.45) is 0.691. The molecule has 3 rings (SSSR count). The predicted molar refractivity (Wildman–Crippen MR) is 119 cm³/mol. The zero-order valence-electron chi connectivity index (χ0n) is 19.1. The Morgan fingerprint density at radius 3 is 2.00 bits per heavy atom. The molecule has 4 amide bonds. The molecule has 2 aromatic carbocycles. The molecule has 0 saturated carbocycles. The van der Waals surface area contributed by atoms with Crippen LogP contribution < -0.4 is 20.7 Å². The summed E-state index contributed by atoms with van der Waals surface area (Å²) in [5.74, 6) is -11.2. The predicted octanol–water partition coefficient (Wildman–Crippen LogP) is 3.78. The highest BCUT2D eigenvalue weighted by Crippen LogP contribution is 2.27. The molecule has 13 heteroatoms. The Balaban J connectivity index is 1.41. The number of methoxy groups -OCH3 is 1. The van der Waals surface area contributed by atoms with Crippen LogP contribution in [0.1, 0.15) is 19.3 Å². The van der Waals surface area contributed by atoms with Gasteiger partial charge in [-0.05, 0) is 37.1 Å². The highest BCUT2D eigenvalue weighted by atomic mass is 19.2. The molecular formula is C23H23F5N4O4. The van der Waals surface area contributed by atoms with Gasteiger partial charge < -0.3 is 25.6 Å². The normalized spacial score (nSPS) is 13.8. The average molecular weight is 514 g/mol. The smallest absolute Gasteiger partial charge is 0.319 e. The van der Waals surface area contributed by atoms with E-state index in [1.807, 2.05) is 0 Å². The quantitative estimate of drug-likeness (QED) is 0.298. The summed E-state index contributed by atoms with van der Waals surface area (Å²) >= 11 is 0. The average Bonchev–Trinajstić information content (AvgIpc) is 2.89. The van der Waals surface area contributed by atoms with Crippen molar-refractivity contribution in [2.75, 3.05) is 37.4 Å². The van der Waals surface area contributed by atoms with E-state index in [9.17, 15) is 36.3 Å². The maximum absolute atomic E-state index is 13.6. The van der Waals surface area contributed by atoms with Crippen molar-refractivity contribution in [3.05, 3.63) is 53.4 Å². The number of rotatable bonds is 7. The number of carbonyl (C=O) groups is 3. The number of hydrogen-bond acceptors (Lipinski definition) is 4. The minimum atomic E-state index is -2.34. The van der Waals surface area contributed by atoms with Crippen molar-refractivity contribution in [2.24, 2.45) is 5.92 Å². The maximum Gasteiger partial charge on any atom is 0.319 e. The zero-order chi connectivity index (χ0) is 26.4. The van der Waals surface area contributed by atoms with Gasteiger partial charge in [0.25, 0.3) is 0 Å². The van der Waals surface area contributed by atoms with Crippen LogP contribution in [0.15, 0.2) is 24.3 Å². The van der Waals surface area contributed by atoms with Crippen LogP contribution in [0.25, 0.3) is 0 Å². The second-order valence-electron chi connectivity index (χ2n) is 7.95. The van der Waals surface area contributed by atoms with Crippen molar-refractivity contribution < 1.29 is 41.1 Å². The summed E-state index contributed by atoms with van der Waals surface area (Å²) < 4.78 is 71.9. The van der Waals surface area contributed by atoms with E-state index >= 15 is 0 Å². The minimum absolute atomic E-state index is 0.168. The number of piperidine rings is 1. The number of anilines is 2. The number of amides is 4. The van der Waals surface area contributed by atoms with Gasteiger partial charge in [0.2, 0.25) is 17.6 Å². The van der Waals surface area contributed by atoms with Gasteiger partial charge in [-0.25, -0.2) is 26.7 Å². The molecule has 0 unspecified atom stereocenters. The number of carbonyl (C=O) groups excluding carboxylic acids is 3. The molecule has 0 radical (unpaired) electrons. The van der Waals surface area contributed by atoms with E-state index in [-0.39, 0.29) is 30.7 Å². The van der Waals surface area contributed by atoms with E-state index < -0.39 is 40.8 Å². The van der Waals surface area contributed by atoms with Gasteiger partial charge in [-0.2, -0.15) is 0 Å². The first-order chi connectivity index (χ1) is 17.1. The van der Waals surface area contributed by atoms with E-state index in [0.717, 1.165) is 0 Å². The monoisotopic (exact) mass is 514 g/mol. The number of nitrogens with zero attached hydrogens (tertiary/aromatic N) is 1. The van der Waals surface area contributed by atoms with Crippen LogP contribution in [0.5, 0.6) is 5.75 Å². The lowest BCUT2D eigenvalue weighted by Crippen LogP contribution is -2.42. The molecule has 1 fully saturated rings. The molecule has 2 aromatic rings. The van der Waals surface area contributed by atoms with Crippen molar-refractivity contribution >= 4 is 29.2 Å². The third-order valence-corrected chi connectivity index (χ3v) is 5.65. The van der Waals surface area contributed by atoms with Crippen LogP contribution in [0.3, 0.4) is 0 Å². The SMILES string of the molecule is COc1ccc(NC(=O)C2CCN(C(=O)CCNC(=O)Nc3c(F)c(F)c(F)c(F)c3F)CC2)cc1. The highest BCUT2D eigenvalue weighted by molar-refractivity contribution is 5.93. The molecule has 36 heavy (non-hydrogen) atoms. The van der Waals surface area contributed by atoms with Crippen LogP contribution in [0, 0.1) is 35.0 Å². The lowest BCUT2D eigenvalue weighted by Gasteiger charge is -2.31. The van der Waals surface area contributed by atoms with Crippen LogP contribution >= 0.6 is 0 Å². The van der Waals surface area contributed by atoms with Crippen molar-refractivity contribution in [1.29, 1.82) is 0 Å². The van der Waals surface area contributed by atoms with Crippen LogP contribution in [-0.2, 0) is 9.59 Å². The van der Waals surface area contributed by atoms with Gasteiger partial charge >= 0.3 is 6.03 Å². The first-order valence-corrected chi connectivity index (χ1v) is 10.9. The fraction of sp³-hybridized carbons (Fsp3) is 0.348. The Morgan fingerprint density at radius 1 is 0.889 bits per heavy atom. The Kier molecular flexibility index (Phi) is 8.67. The van der Waals surface area contributed by atoms with Crippen LogP contribution in [-0.4, -0.2) is 49.5 Å². The van der Waals surface area contributed by atoms with Gasteiger partial charge in [-0.15, -0.1) is 0 Å². The number of likely N-dealkylation sites (tertiary alicyclic amines) is 1. The number of hydrogen-bond donors (Lipinski definition) is 3. The third-order valence-electron chi connectivity index (χ3n) is 5.65. The van der Waals surface area contributed by atoms with Crippen LogP contribution in [0.2, 0.25) is 0 Å². The number of nitrogens with one attached hydrogen (secondary N) is 3. The fourth-order valence-corrected chi connectivity index (χ4v) is 3.62. The number of benzene rings is 2. The van der Waals surface area contributed by atoms with E-state index in [4.69, 9.17) is 4.74 Å². The number of halogens is 5. The van der Waals surface area contributed by atoms with Gasteiger partial charge in [0.1, 0.15) is 11.4 Å². The molecule has 0 atom stereocenters. The molecule has 1 heterocycles. The van der Waals surface area contributed by atoms with E-state index in [1.165, 1.54) is 12.0 Å². The fourth-order valence-electron chi connectivity index (χ4n) is 3.62. The molecule has 0 aromatic heterocycles. The van der Waals surface area contributed by atoms with Crippen molar-refractivity contribution in [2.45, 2.75) is 19.3 Å². The molecule has 1 saturated heterocycles. The van der Waals surface area contributed by atoms with Crippen molar-refractivity contribution in [3.63, 3.8) is 0 Å². The Labute approximate surface area is 202 Å². The maximum atomic E-state index is 13.6. The lowest BCUT2D eigenvalue weighted by atomic mass is 9.95. The summed E-state index contributed by atoms with van der Waals surface area (Å²) in [6.45, 7) is 0.379. The van der Waals surface area contributed by atoms with E-state index in [2.05, 4.69) is 10.6 Å². The molecule has 3 N–H and O–H groups in total. The number of urea groups is 1. The Hall–Kier alpha value is -3.90. The molecule has 0 spiro atoms. The standard InChI is InChI=1S/C23H23F5N4O4/c1-36-14-4-2-13(3-5-14)30-22(34)12-7-10-32(11-8-12)15(33)6-9-29-23(35)31-21-19(27)17(25)16(24)18(26)20(21)28/h2-5,12H,6-11H2,1H3,(H,30,34)(H2,29,31,35). The third kappa shape index (κ3) is 6.20. The molecule has 8 nitrogen and oxygen atoms in total.